The third-order valence-electron chi connectivity index (χ3n) is 2.74. The summed E-state index contributed by atoms with van der Waals surface area (Å²) in [6.07, 6.45) is 0.673. The minimum Gasteiger partial charge on any atom is -0.480 e. The molecule has 0 saturated carbocycles. The molecule has 0 rings (SSSR count). The summed E-state index contributed by atoms with van der Waals surface area (Å²) in [7, 11) is 2.06. The van der Waals surface area contributed by atoms with Crippen LogP contribution in [0.1, 0.15) is 6.42 Å². The summed E-state index contributed by atoms with van der Waals surface area (Å²) in [6.45, 7) is 1.10. The number of aliphatic carboxylic acids is 1. The molecule has 0 heterocycles. The first-order chi connectivity index (χ1) is 9.99. The Labute approximate surface area is 125 Å². The first kappa shape index (κ1) is 19.8. The predicted molar refractivity (Wildman–Crippen MR) is 78.1 cm³/mol. The summed E-state index contributed by atoms with van der Waals surface area (Å²) in [5.41, 5.74) is 0. The zero-order valence-corrected chi connectivity index (χ0v) is 13.7. The van der Waals surface area contributed by atoms with Crippen LogP contribution in [0.15, 0.2) is 0 Å². The predicted octanol–water partition coefficient (Wildman–Crippen LogP) is -0.772. The van der Waals surface area contributed by atoms with E-state index in [1.807, 2.05) is 0 Å². The van der Waals surface area contributed by atoms with E-state index in [4.69, 9.17) is 18.4 Å². The minimum absolute atomic E-state index is 0.124. The molecule has 0 aliphatic heterocycles. The number of carboxylic acid groups (broad SMARTS) is 1. The molecule has 0 aromatic heterocycles. The summed E-state index contributed by atoms with van der Waals surface area (Å²) in [6, 6.07) is 0.309. The van der Waals surface area contributed by atoms with Gasteiger partial charge in [-0.15, -0.1) is 0 Å². The minimum atomic E-state index is -2.57. The van der Waals surface area contributed by atoms with Gasteiger partial charge in [-0.1, -0.05) is 0 Å². The van der Waals surface area contributed by atoms with Crippen molar-refractivity contribution in [2.75, 3.05) is 47.5 Å². The number of amides is 2. The number of rotatable bonds is 12. The molecule has 21 heavy (non-hydrogen) atoms. The smallest absolute Gasteiger partial charge is 0.480 e. The number of carbonyl (C=O) groups excluding carboxylic acids is 1. The average Bonchev–Trinajstić information content (AvgIpc) is 2.47. The van der Waals surface area contributed by atoms with Gasteiger partial charge in [0.2, 0.25) is 0 Å². The number of carboxylic acids is 1. The summed E-state index contributed by atoms with van der Waals surface area (Å²) >= 11 is 0. The van der Waals surface area contributed by atoms with Crippen LogP contribution in [0.3, 0.4) is 0 Å². The Bertz CT molecular complexity index is 306. The first-order valence-corrected chi connectivity index (χ1v) is 8.52. The lowest BCUT2D eigenvalue weighted by Crippen LogP contribution is -2.44. The lowest BCUT2D eigenvalue weighted by atomic mass is 10.5. The molecular weight excluding hydrogens is 298 g/mol. The fourth-order valence-corrected chi connectivity index (χ4v) is 3.31. The van der Waals surface area contributed by atoms with E-state index in [1.165, 1.54) is 0 Å². The van der Waals surface area contributed by atoms with Gasteiger partial charge in [-0.2, -0.15) is 0 Å². The van der Waals surface area contributed by atoms with Gasteiger partial charge in [0.1, 0.15) is 0 Å². The number of nitrogens with one attached hydrogen (secondary N) is 3. The van der Waals surface area contributed by atoms with Crippen molar-refractivity contribution in [3.05, 3.63) is 0 Å². The molecule has 0 atom stereocenters. The molecule has 0 aliphatic rings. The molecule has 0 aliphatic carbocycles. The van der Waals surface area contributed by atoms with E-state index in [9.17, 15) is 9.59 Å². The van der Waals surface area contributed by atoms with E-state index in [2.05, 4.69) is 16.0 Å². The molecule has 0 bridgehead atoms. The second-order valence-electron chi connectivity index (χ2n) is 4.15. The molecular formula is C11H25N3O6Si. The maximum Gasteiger partial charge on any atom is 0.500 e. The Balaban J connectivity index is 3.64. The maximum absolute atomic E-state index is 11.4. The van der Waals surface area contributed by atoms with Crippen LogP contribution in [0.5, 0.6) is 0 Å². The molecule has 4 N–H and O–H groups in total. The van der Waals surface area contributed by atoms with E-state index in [-0.39, 0.29) is 12.6 Å². The standard InChI is InChI=1S/C11H25N3O6Si/c1-18-21(19-2,20-3)8-4-5-13-11(17)14-7-6-12-9-10(15)16/h12H,4-9H2,1-3H3,(H,15,16)(H2,13,14,17). The molecule has 0 spiro atoms. The van der Waals surface area contributed by atoms with Crippen LogP contribution in [-0.2, 0) is 18.1 Å². The van der Waals surface area contributed by atoms with Gasteiger partial charge in [0.25, 0.3) is 0 Å². The van der Waals surface area contributed by atoms with Gasteiger partial charge in [-0.25, -0.2) is 4.79 Å². The van der Waals surface area contributed by atoms with E-state index < -0.39 is 14.8 Å². The average molecular weight is 323 g/mol. The van der Waals surface area contributed by atoms with Crippen LogP contribution >= 0.6 is 0 Å². The third-order valence-corrected chi connectivity index (χ3v) is 5.57. The molecule has 0 saturated heterocycles. The molecule has 2 amide bonds. The van der Waals surface area contributed by atoms with Crippen LogP contribution in [0.2, 0.25) is 6.04 Å². The molecule has 10 heteroatoms. The largest absolute Gasteiger partial charge is 0.500 e. The van der Waals surface area contributed by atoms with Crippen molar-refractivity contribution in [3.8, 4) is 0 Å². The van der Waals surface area contributed by atoms with Gasteiger partial charge in [0, 0.05) is 47.0 Å². The molecule has 124 valence electrons. The number of hydrogen-bond donors (Lipinski definition) is 4. The normalized spacial score (nSPS) is 11.2. The second-order valence-corrected chi connectivity index (χ2v) is 7.24. The lowest BCUT2D eigenvalue weighted by molar-refractivity contribution is -0.135. The van der Waals surface area contributed by atoms with E-state index >= 15 is 0 Å². The molecule has 0 unspecified atom stereocenters. The Morgan fingerprint density at radius 2 is 1.57 bits per heavy atom. The monoisotopic (exact) mass is 323 g/mol. The van der Waals surface area contributed by atoms with Crippen LogP contribution in [0.4, 0.5) is 4.79 Å². The van der Waals surface area contributed by atoms with Gasteiger partial charge in [0.15, 0.2) is 0 Å². The number of hydrogen-bond acceptors (Lipinski definition) is 6. The van der Waals surface area contributed by atoms with Gasteiger partial charge in [-0.05, 0) is 6.42 Å². The van der Waals surface area contributed by atoms with Crippen molar-refractivity contribution in [2.45, 2.75) is 12.5 Å². The van der Waals surface area contributed by atoms with Crippen LogP contribution in [0.25, 0.3) is 0 Å². The number of carbonyl (C=O) groups is 2. The van der Waals surface area contributed by atoms with Gasteiger partial charge >= 0.3 is 20.8 Å². The van der Waals surface area contributed by atoms with Crippen LogP contribution < -0.4 is 16.0 Å². The fourth-order valence-electron chi connectivity index (χ4n) is 1.59. The number of urea groups is 1. The van der Waals surface area contributed by atoms with Crippen molar-refractivity contribution >= 4 is 20.8 Å². The Morgan fingerprint density at radius 1 is 1.00 bits per heavy atom. The van der Waals surface area contributed by atoms with Crippen LogP contribution in [0, 0.1) is 0 Å². The molecule has 0 aromatic rings. The Kier molecular flexibility index (Phi) is 10.8. The zero-order chi connectivity index (χ0) is 16.1. The van der Waals surface area contributed by atoms with Gasteiger partial charge in [-0.3, -0.25) is 4.79 Å². The van der Waals surface area contributed by atoms with Crippen molar-refractivity contribution in [2.24, 2.45) is 0 Å². The zero-order valence-electron chi connectivity index (χ0n) is 12.7. The van der Waals surface area contributed by atoms with Crippen molar-refractivity contribution in [3.63, 3.8) is 0 Å². The highest BCUT2D eigenvalue weighted by Crippen LogP contribution is 2.14. The van der Waals surface area contributed by atoms with E-state index in [1.54, 1.807) is 21.3 Å². The highest BCUT2D eigenvalue weighted by molar-refractivity contribution is 6.60. The summed E-state index contributed by atoms with van der Waals surface area (Å²) < 4.78 is 15.8. The lowest BCUT2D eigenvalue weighted by Gasteiger charge is -2.24. The van der Waals surface area contributed by atoms with Gasteiger partial charge in [0.05, 0.1) is 6.54 Å². The third kappa shape index (κ3) is 9.36. The Morgan fingerprint density at radius 3 is 2.10 bits per heavy atom. The molecule has 9 nitrogen and oxygen atoms in total. The molecule has 0 radical (unpaired) electrons. The fraction of sp³-hybridized carbons (Fsp3) is 0.818. The van der Waals surface area contributed by atoms with Crippen LogP contribution in [-0.4, -0.2) is 73.4 Å². The summed E-state index contributed by atoms with van der Waals surface area (Å²) in [5, 5.41) is 16.4. The molecule has 0 fully saturated rings. The Hall–Kier alpha value is -1.20. The van der Waals surface area contributed by atoms with E-state index in [0.29, 0.717) is 32.1 Å². The second kappa shape index (κ2) is 11.5. The van der Waals surface area contributed by atoms with Crippen molar-refractivity contribution in [1.82, 2.24) is 16.0 Å². The maximum atomic E-state index is 11.4. The summed E-state index contributed by atoms with van der Waals surface area (Å²) in [5.74, 6) is -0.929. The SMILES string of the molecule is CO[Si](CCCNC(=O)NCCNCC(=O)O)(OC)OC. The quantitative estimate of drug-likeness (QED) is 0.275. The van der Waals surface area contributed by atoms with Gasteiger partial charge < -0.3 is 34.3 Å². The molecule has 0 aromatic carbocycles. The highest BCUT2D eigenvalue weighted by Gasteiger charge is 2.36. The first-order valence-electron chi connectivity index (χ1n) is 6.59. The highest BCUT2D eigenvalue weighted by atomic mass is 28.4. The van der Waals surface area contributed by atoms with Crippen molar-refractivity contribution < 1.29 is 28.0 Å². The topological polar surface area (TPSA) is 118 Å². The van der Waals surface area contributed by atoms with Crippen molar-refractivity contribution in [1.29, 1.82) is 0 Å². The summed E-state index contributed by atoms with van der Waals surface area (Å²) in [4.78, 5) is 21.7. The van der Waals surface area contributed by atoms with E-state index in [0.717, 1.165) is 0 Å².